The SMILES string of the molecule is O=C1Nc2ccccc2CN1/N=C/c1cccnc1. The van der Waals surface area contributed by atoms with Crippen molar-refractivity contribution in [3.8, 4) is 0 Å². The number of para-hydroxylation sites is 1. The zero-order chi connectivity index (χ0) is 13.1. The second-order valence-electron chi connectivity index (χ2n) is 4.18. The summed E-state index contributed by atoms with van der Waals surface area (Å²) in [5.41, 5.74) is 2.75. The summed E-state index contributed by atoms with van der Waals surface area (Å²) in [7, 11) is 0. The van der Waals surface area contributed by atoms with Crippen LogP contribution in [-0.2, 0) is 6.54 Å². The highest BCUT2D eigenvalue weighted by Crippen LogP contribution is 2.22. The molecule has 0 saturated heterocycles. The second kappa shape index (κ2) is 4.89. The number of nitrogens with zero attached hydrogens (tertiary/aromatic N) is 3. The monoisotopic (exact) mass is 252 g/mol. The van der Waals surface area contributed by atoms with Crippen LogP contribution in [0, 0.1) is 0 Å². The third-order valence-corrected chi connectivity index (χ3v) is 2.84. The summed E-state index contributed by atoms with van der Waals surface area (Å²) in [6.45, 7) is 0.471. The van der Waals surface area contributed by atoms with Crippen LogP contribution in [0.3, 0.4) is 0 Å². The van der Waals surface area contributed by atoms with E-state index >= 15 is 0 Å². The number of fused-ring (bicyclic) bond motifs is 1. The van der Waals surface area contributed by atoms with Gasteiger partial charge in [-0.2, -0.15) is 5.10 Å². The molecule has 0 bridgehead atoms. The van der Waals surface area contributed by atoms with Gasteiger partial charge in [0.05, 0.1) is 12.8 Å². The lowest BCUT2D eigenvalue weighted by Gasteiger charge is -2.25. The molecule has 94 valence electrons. The van der Waals surface area contributed by atoms with Gasteiger partial charge < -0.3 is 5.32 Å². The number of amides is 2. The van der Waals surface area contributed by atoms with E-state index in [4.69, 9.17) is 0 Å². The molecule has 5 nitrogen and oxygen atoms in total. The maximum atomic E-state index is 11.9. The Morgan fingerprint density at radius 1 is 1.26 bits per heavy atom. The molecule has 3 rings (SSSR count). The van der Waals surface area contributed by atoms with Gasteiger partial charge in [0, 0.05) is 23.6 Å². The van der Waals surface area contributed by atoms with Crippen molar-refractivity contribution in [2.75, 3.05) is 5.32 Å². The number of urea groups is 1. The Kier molecular flexibility index (Phi) is 2.94. The average Bonchev–Trinajstić information content (AvgIpc) is 2.46. The smallest absolute Gasteiger partial charge is 0.306 e. The number of hydrazone groups is 1. The Bertz CT molecular complexity index is 624. The molecule has 0 aliphatic carbocycles. The summed E-state index contributed by atoms with van der Waals surface area (Å²) in [6, 6.07) is 11.2. The van der Waals surface area contributed by atoms with Crippen LogP contribution >= 0.6 is 0 Å². The third kappa shape index (κ3) is 2.44. The quantitative estimate of drug-likeness (QED) is 0.835. The minimum Gasteiger partial charge on any atom is -0.306 e. The molecule has 0 spiro atoms. The molecule has 1 aromatic carbocycles. The zero-order valence-electron chi connectivity index (χ0n) is 10.2. The van der Waals surface area contributed by atoms with Crippen molar-refractivity contribution in [1.29, 1.82) is 0 Å². The largest absolute Gasteiger partial charge is 0.342 e. The standard InChI is InChI=1S/C14H12N4O/c19-14-17-13-6-2-1-5-12(13)10-18(14)16-9-11-4-3-7-15-8-11/h1-9H,10H2,(H,17,19)/b16-9+. The molecule has 1 aliphatic rings. The van der Waals surface area contributed by atoms with Crippen molar-refractivity contribution in [3.63, 3.8) is 0 Å². The highest BCUT2D eigenvalue weighted by atomic mass is 16.2. The van der Waals surface area contributed by atoms with Crippen LogP contribution in [0.2, 0.25) is 0 Å². The van der Waals surface area contributed by atoms with Crippen molar-refractivity contribution in [2.45, 2.75) is 6.54 Å². The molecule has 0 saturated carbocycles. The number of nitrogens with one attached hydrogen (secondary N) is 1. The molecule has 2 amide bonds. The third-order valence-electron chi connectivity index (χ3n) is 2.84. The lowest BCUT2D eigenvalue weighted by molar-refractivity contribution is 0.209. The number of carbonyl (C=O) groups excluding carboxylic acids is 1. The normalized spacial score (nSPS) is 14.3. The molecule has 0 radical (unpaired) electrons. The van der Waals surface area contributed by atoms with Crippen molar-refractivity contribution in [1.82, 2.24) is 9.99 Å². The van der Waals surface area contributed by atoms with Gasteiger partial charge >= 0.3 is 6.03 Å². The molecule has 1 aliphatic heterocycles. The predicted octanol–water partition coefficient (Wildman–Crippen LogP) is 2.46. The number of rotatable bonds is 2. The fourth-order valence-corrected chi connectivity index (χ4v) is 1.87. The predicted molar refractivity (Wildman–Crippen MR) is 72.8 cm³/mol. The first-order valence-electron chi connectivity index (χ1n) is 5.93. The molecule has 2 aromatic rings. The molecular weight excluding hydrogens is 240 g/mol. The Morgan fingerprint density at radius 3 is 3.00 bits per heavy atom. The Balaban J connectivity index is 1.80. The fourth-order valence-electron chi connectivity index (χ4n) is 1.87. The Labute approximate surface area is 110 Å². The Hall–Kier alpha value is -2.69. The maximum Gasteiger partial charge on any atom is 0.342 e. The first kappa shape index (κ1) is 11.4. The highest BCUT2D eigenvalue weighted by molar-refractivity contribution is 5.93. The topological polar surface area (TPSA) is 57.6 Å². The number of anilines is 1. The molecule has 5 heteroatoms. The fraction of sp³-hybridized carbons (Fsp3) is 0.0714. The van der Waals surface area contributed by atoms with Crippen molar-refractivity contribution < 1.29 is 4.79 Å². The number of benzene rings is 1. The van der Waals surface area contributed by atoms with Crippen LogP contribution in [0.25, 0.3) is 0 Å². The first-order valence-corrected chi connectivity index (χ1v) is 5.93. The molecular formula is C14H12N4O. The van der Waals surface area contributed by atoms with E-state index in [1.807, 2.05) is 36.4 Å². The van der Waals surface area contributed by atoms with Crippen molar-refractivity contribution in [2.24, 2.45) is 5.10 Å². The lowest BCUT2D eigenvalue weighted by Crippen LogP contribution is -2.34. The molecule has 0 unspecified atom stereocenters. The van der Waals surface area contributed by atoms with Gasteiger partial charge in [-0.3, -0.25) is 4.98 Å². The van der Waals surface area contributed by atoms with Gasteiger partial charge in [0.15, 0.2) is 0 Å². The van der Waals surface area contributed by atoms with Gasteiger partial charge in [0.1, 0.15) is 0 Å². The van der Waals surface area contributed by atoms with Gasteiger partial charge in [0.25, 0.3) is 0 Å². The van der Waals surface area contributed by atoms with E-state index in [1.165, 1.54) is 5.01 Å². The summed E-state index contributed by atoms with van der Waals surface area (Å²) in [5, 5.41) is 8.39. The van der Waals surface area contributed by atoms with E-state index in [1.54, 1.807) is 18.6 Å². The van der Waals surface area contributed by atoms with Crippen LogP contribution in [0.4, 0.5) is 10.5 Å². The van der Waals surface area contributed by atoms with E-state index < -0.39 is 0 Å². The molecule has 1 aromatic heterocycles. The lowest BCUT2D eigenvalue weighted by atomic mass is 10.1. The molecule has 1 N–H and O–H groups in total. The van der Waals surface area contributed by atoms with Crippen LogP contribution in [0.15, 0.2) is 53.9 Å². The number of aromatic nitrogens is 1. The zero-order valence-corrected chi connectivity index (χ0v) is 10.2. The average molecular weight is 252 g/mol. The number of hydrogen-bond acceptors (Lipinski definition) is 3. The van der Waals surface area contributed by atoms with Gasteiger partial charge in [-0.25, -0.2) is 9.80 Å². The number of hydrogen-bond donors (Lipinski definition) is 1. The van der Waals surface area contributed by atoms with Crippen LogP contribution in [0.5, 0.6) is 0 Å². The van der Waals surface area contributed by atoms with Gasteiger partial charge in [0.2, 0.25) is 0 Å². The molecule has 0 atom stereocenters. The minimum absolute atomic E-state index is 0.223. The van der Waals surface area contributed by atoms with E-state index in [-0.39, 0.29) is 6.03 Å². The minimum atomic E-state index is -0.223. The van der Waals surface area contributed by atoms with Crippen LogP contribution in [-0.4, -0.2) is 22.2 Å². The van der Waals surface area contributed by atoms with Gasteiger partial charge in [-0.05, 0) is 17.7 Å². The summed E-state index contributed by atoms with van der Waals surface area (Å²) in [5.74, 6) is 0. The summed E-state index contributed by atoms with van der Waals surface area (Å²) < 4.78 is 0. The van der Waals surface area contributed by atoms with Crippen LogP contribution in [0.1, 0.15) is 11.1 Å². The number of pyridine rings is 1. The van der Waals surface area contributed by atoms with E-state index in [0.717, 1.165) is 16.8 Å². The number of carbonyl (C=O) groups is 1. The second-order valence-corrected chi connectivity index (χ2v) is 4.18. The molecule has 0 fully saturated rings. The highest BCUT2D eigenvalue weighted by Gasteiger charge is 2.21. The summed E-state index contributed by atoms with van der Waals surface area (Å²) in [4.78, 5) is 15.9. The van der Waals surface area contributed by atoms with E-state index in [2.05, 4.69) is 15.4 Å². The maximum absolute atomic E-state index is 11.9. The van der Waals surface area contributed by atoms with Crippen molar-refractivity contribution in [3.05, 3.63) is 59.9 Å². The molecule has 2 heterocycles. The molecule has 19 heavy (non-hydrogen) atoms. The first-order chi connectivity index (χ1) is 9.33. The van der Waals surface area contributed by atoms with E-state index in [0.29, 0.717) is 6.54 Å². The van der Waals surface area contributed by atoms with Gasteiger partial charge in [-0.1, -0.05) is 24.3 Å². The summed E-state index contributed by atoms with van der Waals surface area (Å²) >= 11 is 0. The summed E-state index contributed by atoms with van der Waals surface area (Å²) in [6.07, 6.45) is 5.01. The van der Waals surface area contributed by atoms with Gasteiger partial charge in [-0.15, -0.1) is 0 Å². The van der Waals surface area contributed by atoms with E-state index in [9.17, 15) is 4.79 Å². The van der Waals surface area contributed by atoms with Crippen LogP contribution < -0.4 is 5.32 Å². The van der Waals surface area contributed by atoms with Crippen molar-refractivity contribution >= 4 is 17.9 Å². The Morgan fingerprint density at radius 2 is 2.16 bits per heavy atom.